The number of hydrogen-bond acceptors (Lipinski definition) is 6. The van der Waals surface area contributed by atoms with Crippen molar-refractivity contribution in [1.29, 1.82) is 0 Å². The van der Waals surface area contributed by atoms with Crippen LogP contribution in [0.3, 0.4) is 0 Å². The standard InChI is InChI=1S/C22H21N3O3S2/c1-4-9-25-21(28)20-17(8-11-29-20)23-22(25)30-13(2)19(27)16-5-6-18-15(12-16)7-10-24(18)14(3)26/h4-6,8,11-13H,1,7,9-10H2,2-3H3/t13-/m1/s1. The molecular formula is C22H21N3O3S2. The van der Waals surface area contributed by atoms with Crippen LogP contribution in [0.2, 0.25) is 0 Å². The molecule has 0 unspecified atom stereocenters. The number of rotatable bonds is 6. The zero-order valence-electron chi connectivity index (χ0n) is 16.8. The van der Waals surface area contributed by atoms with E-state index in [1.807, 2.05) is 30.5 Å². The van der Waals surface area contributed by atoms with E-state index < -0.39 is 5.25 Å². The van der Waals surface area contributed by atoms with Crippen molar-refractivity contribution >= 4 is 50.7 Å². The van der Waals surface area contributed by atoms with Gasteiger partial charge in [0, 0.05) is 31.3 Å². The summed E-state index contributed by atoms with van der Waals surface area (Å²) in [6.07, 6.45) is 2.40. The van der Waals surface area contributed by atoms with E-state index in [1.54, 1.807) is 28.5 Å². The molecule has 1 amide bonds. The molecule has 1 aliphatic heterocycles. The molecule has 0 N–H and O–H groups in total. The van der Waals surface area contributed by atoms with E-state index in [1.165, 1.54) is 23.1 Å². The first-order valence-electron chi connectivity index (χ1n) is 9.61. The number of fused-ring (bicyclic) bond motifs is 2. The first kappa shape index (κ1) is 20.6. The van der Waals surface area contributed by atoms with Gasteiger partial charge in [-0.3, -0.25) is 19.0 Å². The third kappa shape index (κ3) is 3.61. The maximum atomic E-state index is 13.1. The smallest absolute Gasteiger partial charge is 0.272 e. The molecule has 1 atom stereocenters. The fraction of sp³-hybridized carbons (Fsp3) is 0.273. The van der Waals surface area contributed by atoms with Gasteiger partial charge < -0.3 is 4.90 Å². The molecule has 0 saturated heterocycles. The second-order valence-electron chi connectivity index (χ2n) is 7.12. The maximum Gasteiger partial charge on any atom is 0.272 e. The lowest BCUT2D eigenvalue weighted by atomic mass is 10.0. The number of ketones is 1. The predicted octanol–water partition coefficient (Wildman–Crippen LogP) is 3.92. The molecule has 8 heteroatoms. The highest BCUT2D eigenvalue weighted by atomic mass is 32.2. The minimum atomic E-state index is -0.424. The Hall–Kier alpha value is -2.71. The molecule has 0 fully saturated rings. The topological polar surface area (TPSA) is 72.3 Å². The predicted molar refractivity (Wildman–Crippen MR) is 122 cm³/mol. The number of carbonyl (C=O) groups excluding carboxylic acids is 2. The van der Waals surface area contributed by atoms with Crippen molar-refractivity contribution in [3.63, 3.8) is 0 Å². The molecule has 0 radical (unpaired) electrons. The zero-order valence-corrected chi connectivity index (χ0v) is 18.4. The monoisotopic (exact) mass is 439 g/mol. The molecular weight excluding hydrogens is 418 g/mol. The summed E-state index contributed by atoms with van der Waals surface area (Å²) < 4.78 is 2.17. The number of anilines is 1. The third-order valence-electron chi connectivity index (χ3n) is 5.13. The average Bonchev–Trinajstić information content (AvgIpc) is 3.36. The summed E-state index contributed by atoms with van der Waals surface area (Å²) in [5.74, 6) is -0.0271. The molecule has 3 heterocycles. The number of nitrogens with zero attached hydrogens (tertiary/aromatic N) is 3. The molecule has 2 aromatic heterocycles. The van der Waals surface area contributed by atoms with Crippen molar-refractivity contribution in [3.8, 4) is 0 Å². The van der Waals surface area contributed by atoms with E-state index in [-0.39, 0.29) is 17.2 Å². The molecule has 0 bridgehead atoms. The van der Waals surface area contributed by atoms with Gasteiger partial charge in [0.05, 0.1) is 10.8 Å². The van der Waals surface area contributed by atoms with Crippen LogP contribution in [0.25, 0.3) is 10.2 Å². The van der Waals surface area contributed by atoms with Crippen molar-refractivity contribution in [2.24, 2.45) is 0 Å². The molecule has 154 valence electrons. The molecule has 0 saturated carbocycles. The minimum Gasteiger partial charge on any atom is -0.312 e. The van der Waals surface area contributed by atoms with E-state index in [4.69, 9.17) is 0 Å². The van der Waals surface area contributed by atoms with Gasteiger partial charge in [-0.2, -0.15) is 0 Å². The van der Waals surface area contributed by atoms with Gasteiger partial charge in [-0.25, -0.2) is 4.98 Å². The second kappa shape index (κ2) is 8.20. The summed E-state index contributed by atoms with van der Waals surface area (Å²) in [5, 5.41) is 1.93. The Morgan fingerprint density at radius 2 is 2.17 bits per heavy atom. The Labute approximate surface area is 182 Å². The number of aromatic nitrogens is 2. The lowest BCUT2D eigenvalue weighted by Crippen LogP contribution is -2.25. The first-order valence-corrected chi connectivity index (χ1v) is 11.4. The highest BCUT2D eigenvalue weighted by Crippen LogP contribution is 2.31. The van der Waals surface area contributed by atoms with Gasteiger partial charge in [-0.15, -0.1) is 17.9 Å². The van der Waals surface area contributed by atoms with Crippen LogP contribution in [0.1, 0.15) is 29.8 Å². The van der Waals surface area contributed by atoms with Gasteiger partial charge in [0.25, 0.3) is 5.56 Å². The molecule has 3 aromatic rings. The van der Waals surface area contributed by atoms with Gasteiger partial charge >= 0.3 is 0 Å². The van der Waals surface area contributed by atoms with Crippen LogP contribution in [0, 0.1) is 0 Å². The van der Waals surface area contributed by atoms with Crippen LogP contribution in [-0.2, 0) is 17.8 Å². The fourth-order valence-electron chi connectivity index (χ4n) is 3.63. The molecule has 6 nitrogen and oxygen atoms in total. The quantitative estimate of drug-likeness (QED) is 0.252. The molecule has 1 aliphatic rings. The fourth-order valence-corrected chi connectivity index (χ4v) is 5.41. The zero-order chi connectivity index (χ0) is 21.4. The van der Waals surface area contributed by atoms with Crippen molar-refractivity contribution < 1.29 is 9.59 Å². The Morgan fingerprint density at radius 3 is 2.90 bits per heavy atom. The van der Waals surface area contributed by atoms with E-state index in [0.29, 0.717) is 34.0 Å². The van der Waals surface area contributed by atoms with Crippen molar-refractivity contribution in [1.82, 2.24) is 9.55 Å². The summed E-state index contributed by atoms with van der Waals surface area (Å²) in [4.78, 5) is 44.0. The molecule has 4 rings (SSSR count). The Balaban J connectivity index is 1.62. The van der Waals surface area contributed by atoms with Crippen molar-refractivity contribution in [2.45, 2.75) is 37.2 Å². The van der Waals surface area contributed by atoms with Crippen molar-refractivity contribution in [3.05, 3.63) is 63.8 Å². The summed E-state index contributed by atoms with van der Waals surface area (Å²) >= 11 is 2.64. The number of allylic oxidation sites excluding steroid dienone is 1. The summed E-state index contributed by atoms with van der Waals surface area (Å²) in [5.41, 5.74) is 3.03. The second-order valence-corrected chi connectivity index (χ2v) is 9.35. The number of amides is 1. The number of carbonyl (C=O) groups is 2. The first-order chi connectivity index (χ1) is 14.4. The minimum absolute atomic E-state index is 0.00633. The largest absolute Gasteiger partial charge is 0.312 e. The van der Waals surface area contributed by atoms with Gasteiger partial charge in [0.2, 0.25) is 5.91 Å². The van der Waals surface area contributed by atoms with Gasteiger partial charge in [0.1, 0.15) is 4.70 Å². The lowest BCUT2D eigenvalue weighted by Gasteiger charge is -2.16. The third-order valence-corrected chi connectivity index (χ3v) is 7.12. The van der Waals surface area contributed by atoms with Crippen LogP contribution >= 0.6 is 23.1 Å². The molecule has 1 aromatic carbocycles. The highest BCUT2D eigenvalue weighted by molar-refractivity contribution is 8.00. The van der Waals surface area contributed by atoms with Gasteiger partial charge in [-0.1, -0.05) is 17.8 Å². The molecule has 30 heavy (non-hydrogen) atoms. The number of hydrogen-bond donors (Lipinski definition) is 0. The SMILES string of the molecule is C=CCn1c(S[C@H](C)C(=O)c2ccc3c(c2)CCN3C(C)=O)nc2ccsc2c1=O. The maximum absolute atomic E-state index is 13.1. The number of Topliss-reactive ketones (excluding diaryl/α,β-unsaturated/α-hetero) is 1. The van der Waals surface area contributed by atoms with Crippen LogP contribution in [-0.4, -0.2) is 33.0 Å². The number of benzene rings is 1. The van der Waals surface area contributed by atoms with Crippen LogP contribution in [0.4, 0.5) is 5.69 Å². The lowest BCUT2D eigenvalue weighted by molar-refractivity contribution is -0.116. The van der Waals surface area contributed by atoms with E-state index >= 15 is 0 Å². The Morgan fingerprint density at radius 1 is 1.37 bits per heavy atom. The number of thiophene rings is 1. The van der Waals surface area contributed by atoms with Crippen molar-refractivity contribution in [2.75, 3.05) is 11.4 Å². The normalized spacial score (nSPS) is 14.0. The Bertz CT molecular complexity index is 1230. The molecule has 0 aliphatic carbocycles. The average molecular weight is 440 g/mol. The summed E-state index contributed by atoms with van der Waals surface area (Å²) in [6, 6.07) is 7.31. The van der Waals surface area contributed by atoms with E-state index in [0.717, 1.165) is 17.7 Å². The summed E-state index contributed by atoms with van der Waals surface area (Å²) in [7, 11) is 0. The number of thioether (sulfide) groups is 1. The molecule has 0 spiro atoms. The van der Waals surface area contributed by atoms with Crippen LogP contribution < -0.4 is 10.5 Å². The van der Waals surface area contributed by atoms with E-state index in [2.05, 4.69) is 11.6 Å². The van der Waals surface area contributed by atoms with Gasteiger partial charge in [0.15, 0.2) is 10.9 Å². The summed E-state index contributed by atoms with van der Waals surface area (Å²) in [6.45, 7) is 8.08. The van der Waals surface area contributed by atoms with E-state index in [9.17, 15) is 14.4 Å². The van der Waals surface area contributed by atoms with Crippen LogP contribution in [0.5, 0.6) is 0 Å². The highest BCUT2D eigenvalue weighted by Gasteiger charge is 2.25. The van der Waals surface area contributed by atoms with Gasteiger partial charge in [-0.05, 0) is 48.6 Å². The van der Waals surface area contributed by atoms with Crippen LogP contribution in [0.15, 0.2) is 52.3 Å². The Kier molecular flexibility index (Phi) is 5.62.